The number of hydrogen-bond acceptors (Lipinski definition) is 4. The number of hydrogen-bond donors (Lipinski definition) is 2. The molecule has 154 valence electrons. The van der Waals surface area contributed by atoms with Gasteiger partial charge in [0.05, 0.1) is 5.69 Å². The Labute approximate surface area is 175 Å². The van der Waals surface area contributed by atoms with Crippen molar-refractivity contribution < 1.29 is 14.3 Å². The first kappa shape index (κ1) is 19.7. The average Bonchev–Trinajstić information content (AvgIpc) is 3.43. The summed E-state index contributed by atoms with van der Waals surface area (Å²) in [5.41, 5.74) is 3.79. The summed E-state index contributed by atoms with van der Waals surface area (Å²) in [5.74, 6) is 0.253. The molecule has 2 heterocycles. The molecule has 3 aromatic rings. The third-order valence-corrected chi connectivity index (χ3v) is 5.18. The Hall–Kier alpha value is -3.61. The monoisotopic (exact) mass is 404 g/mol. The van der Waals surface area contributed by atoms with Crippen LogP contribution in [0.3, 0.4) is 0 Å². The lowest BCUT2D eigenvalue weighted by Gasteiger charge is -2.23. The minimum Gasteiger partial charge on any atom is -0.445 e. The molecule has 1 aliphatic rings. The maximum Gasteiger partial charge on any atom is 0.410 e. The predicted octanol–water partition coefficient (Wildman–Crippen LogP) is 4.12. The molecule has 0 radical (unpaired) electrons. The second kappa shape index (κ2) is 8.82. The summed E-state index contributed by atoms with van der Waals surface area (Å²) in [6.45, 7) is 2.71. The molecule has 1 saturated heterocycles. The number of carbonyl (C=O) groups excluding carboxylic acids is 2. The van der Waals surface area contributed by atoms with Crippen molar-refractivity contribution in [2.75, 3.05) is 11.9 Å². The van der Waals surface area contributed by atoms with Crippen molar-refractivity contribution in [2.45, 2.75) is 32.4 Å². The third kappa shape index (κ3) is 4.51. The van der Waals surface area contributed by atoms with E-state index in [1.165, 1.54) is 10.5 Å². The second-order valence-electron chi connectivity index (χ2n) is 7.41. The van der Waals surface area contributed by atoms with E-state index < -0.39 is 12.1 Å². The molecule has 1 aliphatic heterocycles. The van der Waals surface area contributed by atoms with Crippen molar-refractivity contribution in [3.63, 3.8) is 0 Å². The topological polar surface area (TPSA) is 87.3 Å². The molecule has 0 spiro atoms. The standard InChI is InChI=1S/C23H24N4O3/c1-16-9-11-18(12-10-16)19-14-21(26-25-19)24-22(28)20-8-5-13-27(20)23(29)30-15-17-6-3-2-4-7-17/h2-4,6-7,9-12,14,20H,5,8,13,15H2,1H3,(H2,24,25,26,28). The highest BCUT2D eigenvalue weighted by Gasteiger charge is 2.35. The highest BCUT2D eigenvalue weighted by atomic mass is 16.6. The van der Waals surface area contributed by atoms with Gasteiger partial charge in [-0.05, 0) is 25.3 Å². The third-order valence-electron chi connectivity index (χ3n) is 5.18. The van der Waals surface area contributed by atoms with Crippen LogP contribution in [-0.4, -0.2) is 39.7 Å². The van der Waals surface area contributed by atoms with E-state index in [4.69, 9.17) is 4.74 Å². The highest BCUT2D eigenvalue weighted by molar-refractivity contribution is 5.96. The molecule has 7 nitrogen and oxygen atoms in total. The number of nitrogens with one attached hydrogen (secondary N) is 2. The van der Waals surface area contributed by atoms with Gasteiger partial charge >= 0.3 is 6.09 Å². The number of anilines is 1. The molecular weight excluding hydrogens is 380 g/mol. The van der Waals surface area contributed by atoms with Crippen LogP contribution >= 0.6 is 0 Å². The number of benzene rings is 2. The smallest absolute Gasteiger partial charge is 0.410 e. The maximum atomic E-state index is 12.8. The van der Waals surface area contributed by atoms with Gasteiger partial charge in [0.25, 0.3) is 0 Å². The van der Waals surface area contributed by atoms with Crippen LogP contribution in [0.15, 0.2) is 60.7 Å². The van der Waals surface area contributed by atoms with Gasteiger partial charge in [-0.25, -0.2) is 4.79 Å². The fourth-order valence-electron chi connectivity index (χ4n) is 3.53. The van der Waals surface area contributed by atoms with E-state index >= 15 is 0 Å². The van der Waals surface area contributed by atoms with Crippen LogP contribution in [0.5, 0.6) is 0 Å². The molecular formula is C23H24N4O3. The van der Waals surface area contributed by atoms with Crippen molar-refractivity contribution in [3.05, 3.63) is 71.8 Å². The van der Waals surface area contributed by atoms with Crippen LogP contribution in [-0.2, 0) is 16.1 Å². The Morgan fingerprint density at radius 1 is 1.17 bits per heavy atom. The fourth-order valence-corrected chi connectivity index (χ4v) is 3.53. The first-order chi connectivity index (χ1) is 14.6. The van der Waals surface area contributed by atoms with E-state index in [9.17, 15) is 9.59 Å². The summed E-state index contributed by atoms with van der Waals surface area (Å²) < 4.78 is 5.40. The molecule has 1 unspecified atom stereocenters. The lowest BCUT2D eigenvalue weighted by molar-refractivity contribution is -0.120. The second-order valence-corrected chi connectivity index (χ2v) is 7.41. The van der Waals surface area contributed by atoms with Crippen molar-refractivity contribution >= 4 is 17.8 Å². The summed E-state index contributed by atoms with van der Waals surface area (Å²) in [7, 11) is 0. The first-order valence-electron chi connectivity index (χ1n) is 10.0. The molecule has 2 amide bonds. The first-order valence-corrected chi connectivity index (χ1v) is 10.0. The molecule has 30 heavy (non-hydrogen) atoms. The van der Waals surface area contributed by atoms with E-state index in [1.807, 2.05) is 61.5 Å². The number of carbonyl (C=O) groups is 2. The number of ether oxygens (including phenoxy) is 1. The minimum absolute atomic E-state index is 0.185. The van der Waals surface area contributed by atoms with Crippen LogP contribution in [0.2, 0.25) is 0 Å². The van der Waals surface area contributed by atoms with Gasteiger partial charge in [-0.3, -0.25) is 14.8 Å². The Morgan fingerprint density at radius 3 is 2.70 bits per heavy atom. The van der Waals surface area contributed by atoms with Crippen molar-refractivity contribution in [3.8, 4) is 11.3 Å². The molecule has 1 atom stereocenters. The summed E-state index contributed by atoms with van der Waals surface area (Å²) in [4.78, 5) is 26.8. The average molecular weight is 404 g/mol. The Morgan fingerprint density at radius 2 is 1.93 bits per heavy atom. The number of H-pyrrole nitrogens is 1. The molecule has 1 aromatic heterocycles. The number of aromatic nitrogens is 2. The van der Waals surface area contributed by atoms with Crippen molar-refractivity contribution in [1.82, 2.24) is 15.1 Å². The number of aromatic amines is 1. The number of amides is 2. The van der Waals surface area contributed by atoms with Gasteiger partial charge in [0.15, 0.2) is 0 Å². The van der Waals surface area contributed by atoms with Gasteiger partial charge < -0.3 is 10.1 Å². The van der Waals surface area contributed by atoms with Crippen LogP contribution in [0.25, 0.3) is 11.3 Å². The zero-order valence-corrected chi connectivity index (χ0v) is 16.8. The van der Waals surface area contributed by atoms with Gasteiger partial charge in [-0.15, -0.1) is 0 Å². The molecule has 4 rings (SSSR count). The number of nitrogens with zero attached hydrogens (tertiary/aromatic N) is 2. The van der Waals surface area contributed by atoms with E-state index in [1.54, 1.807) is 6.07 Å². The van der Waals surface area contributed by atoms with E-state index in [2.05, 4.69) is 15.5 Å². The Bertz CT molecular complexity index is 1010. The van der Waals surface area contributed by atoms with Gasteiger partial charge in [0.2, 0.25) is 5.91 Å². The summed E-state index contributed by atoms with van der Waals surface area (Å²) >= 11 is 0. The van der Waals surface area contributed by atoms with Gasteiger partial charge in [0.1, 0.15) is 18.5 Å². The number of likely N-dealkylation sites (tertiary alicyclic amines) is 1. The zero-order valence-electron chi connectivity index (χ0n) is 16.8. The molecule has 2 N–H and O–H groups in total. The fraction of sp³-hybridized carbons (Fsp3) is 0.261. The van der Waals surface area contributed by atoms with Crippen LogP contribution in [0.1, 0.15) is 24.0 Å². The highest BCUT2D eigenvalue weighted by Crippen LogP contribution is 2.23. The van der Waals surface area contributed by atoms with E-state index in [0.29, 0.717) is 18.8 Å². The normalized spacial score (nSPS) is 15.8. The van der Waals surface area contributed by atoms with Gasteiger partial charge in [-0.2, -0.15) is 5.10 Å². The van der Waals surface area contributed by atoms with Crippen LogP contribution < -0.4 is 5.32 Å². The van der Waals surface area contributed by atoms with Crippen molar-refractivity contribution in [1.29, 1.82) is 0 Å². The van der Waals surface area contributed by atoms with Crippen molar-refractivity contribution in [2.24, 2.45) is 0 Å². The Balaban J connectivity index is 1.36. The number of aryl methyl sites for hydroxylation is 1. The summed E-state index contributed by atoms with van der Waals surface area (Å²) in [5, 5.41) is 9.95. The maximum absolute atomic E-state index is 12.8. The molecule has 0 bridgehead atoms. The molecule has 2 aromatic carbocycles. The molecule has 7 heteroatoms. The van der Waals surface area contributed by atoms with E-state index in [0.717, 1.165) is 23.2 Å². The van der Waals surface area contributed by atoms with Crippen LogP contribution in [0, 0.1) is 6.92 Å². The van der Waals surface area contributed by atoms with Gasteiger partial charge in [0, 0.05) is 18.2 Å². The van der Waals surface area contributed by atoms with Crippen LogP contribution in [0.4, 0.5) is 10.6 Å². The summed E-state index contributed by atoms with van der Waals surface area (Å²) in [6.07, 6.45) is 0.892. The molecule has 1 fully saturated rings. The lowest BCUT2D eigenvalue weighted by atomic mass is 10.1. The largest absolute Gasteiger partial charge is 0.445 e. The SMILES string of the molecule is Cc1ccc(-c2cc(NC(=O)C3CCCN3C(=O)OCc3ccccc3)[nH]n2)cc1. The lowest BCUT2D eigenvalue weighted by Crippen LogP contribution is -2.43. The number of rotatable bonds is 5. The zero-order chi connectivity index (χ0) is 20.9. The van der Waals surface area contributed by atoms with Gasteiger partial charge in [-0.1, -0.05) is 60.2 Å². The van der Waals surface area contributed by atoms with E-state index in [-0.39, 0.29) is 12.5 Å². The predicted molar refractivity (Wildman–Crippen MR) is 114 cm³/mol. The molecule has 0 aliphatic carbocycles. The minimum atomic E-state index is -0.556. The molecule has 0 saturated carbocycles. The quantitative estimate of drug-likeness (QED) is 0.669. The Kier molecular flexibility index (Phi) is 5.79. The summed E-state index contributed by atoms with van der Waals surface area (Å²) in [6, 6.07) is 18.7.